The van der Waals surface area contributed by atoms with Crippen LogP contribution in [0.2, 0.25) is 0 Å². The predicted molar refractivity (Wildman–Crippen MR) is 89.9 cm³/mol. The average Bonchev–Trinajstić information content (AvgIpc) is 3.04. The van der Waals surface area contributed by atoms with Crippen LogP contribution in [0.15, 0.2) is 54.9 Å². The first-order valence-corrected chi connectivity index (χ1v) is 7.57. The Morgan fingerprint density at radius 1 is 1.08 bits per heavy atom. The second-order valence-electron chi connectivity index (χ2n) is 5.33. The summed E-state index contributed by atoms with van der Waals surface area (Å²) in [7, 11) is 0. The molecule has 3 aromatic rings. The molecule has 0 bridgehead atoms. The van der Waals surface area contributed by atoms with E-state index in [1.165, 1.54) is 24.3 Å². The maximum Gasteiger partial charge on any atom is 0.338 e. The Labute approximate surface area is 142 Å². The lowest BCUT2D eigenvalue weighted by atomic mass is 10.1. The van der Waals surface area contributed by atoms with Crippen LogP contribution < -0.4 is 0 Å². The van der Waals surface area contributed by atoms with Crippen molar-refractivity contribution in [2.45, 2.75) is 6.92 Å². The number of nitrogens with zero attached hydrogens (tertiary/aromatic N) is 2. The molecule has 0 fully saturated rings. The number of hydrogen-bond acceptors (Lipinski definition) is 5. The van der Waals surface area contributed by atoms with Gasteiger partial charge in [-0.1, -0.05) is 0 Å². The molecule has 2 heterocycles. The Morgan fingerprint density at radius 2 is 1.76 bits per heavy atom. The van der Waals surface area contributed by atoms with Crippen molar-refractivity contribution in [2.24, 2.45) is 0 Å². The van der Waals surface area contributed by atoms with E-state index in [0.29, 0.717) is 22.2 Å². The number of nitro groups is 1. The molecule has 1 aromatic carbocycles. The Kier molecular flexibility index (Phi) is 4.30. The van der Waals surface area contributed by atoms with Gasteiger partial charge in [-0.3, -0.25) is 14.9 Å². The average molecular weight is 338 g/mol. The standard InChI is InChI=1S/C18H14N2O5/c1-2-25-18(22)13-7-8-19-11-14(10-16(19)9-13)17(21)12-3-5-15(6-4-12)20(23)24/h3-11H,2H2,1H3. The van der Waals surface area contributed by atoms with Gasteiger partial charge >= 0.3 is 5.97 Å². The summed E-state index contributed by atoms with van der Waals surface area (Å²) in [6.45, 7) is 2.02. The maximum atomic E-state index is 12.5. The highest BCUT2D eigenvalue weighted by Gasteiger charge is 2.15. The fourth-order valence-electron chi connectivity index (χ4n) is 2.48. The lowest BCUT2D eigenvalue weighted by Gasteiger charge is -2.02. The van der Waals surface area contributed by atoms with Crippen LogP contribution in [0.25, 0.3) is 5.52 Å². The SMILES string of the molecule is CCOC(=O)c1ccn2cc(C(=O)c3ccc([N+](=O)[O-])cc3)cc2c1. The molecule has 3 rings (SSSR count). The second kappa shape index (κ2) is 6.56. The molecule has 0 saturated carbocycles. The van der Waals surface area contributed by atoms with Crippen molar-refractivity contribution in [1.29, 1.82) is 0 Å². The molecule has 126 valence electrons. The number of carbonyl (C=O) groups excluding carboxylic acids is 2. The van der Waals surface area contributed by atoms with Gasteiger partial charge in [0.25, 0.3) is 5.69 Å². The first-order chi connectivity index (χ1) is 12.0. The van der Waals surface area contributed by atoms with Gasteiger partial charge in [-0.05, 0) is 37.3 Å². The first-order valence-electron chi connectivity index (χ1n) is 7.57. The minimum atomic E-state index is -0.516. The zero-order valence-electron chi connectivity index (χ0n) is 13.3. The van der Waals surface area contributed by atoms with Crippen LogP contribution >= 0.6 is 0 Å². The summed E-state index contributed by atoms with van der Waals surface area (Å²) < 4.78 is 6.68. The van der Waals surface area contributed by atoms with Gasteiger partial charge in [0.2, 0.25) is 0 Å². The number of ketones is 1. The molecule has 0 saturated heterocycles. The van der Waals surface area contributed by atoms with Gasteiger partial charge in [0.1, 0.15) is 0 Å². The Hall–Kier alpha value is -3.48. The van der Waals surface area contributed by atoms with E-state index in [-0.39, 0.29) is 18.1 Å². The molecular formula is C18H14N2O5. The molecule has 0 atom stereocenters. The molecule has 0 N–H and O–H groups in total. The van der Waals surface area contributed by atoms with Gasteiger partial charge in [0, 0.05) is 41.2 Å². The van der Waals surface area contributed by atoms with Gasteiger partial charge < -0.3 is 9.14 Å². The number of pyridine rings is 1. The summed E-state index contributed by atoms with van der Waals surface area (Å²) >= 11 is 0. The summed E-state index contributed by atoms with van der Waals surface area (Å²) in [4.78, 5) is 34.5. The van der Waals surface area contributed by atoms with Gasteiger partial charge in [0.05, 0.1) is 17.1 Å². The molecule has 2 aromatic heterocycles. The highest BCUT2D eigenvalue weighted by atomic mass is 16.6. The highest BCUT2D eigenvalue weighted by Crippen LogP contribution is 2.18. The maximum absolute atomic E-state index is 12.5. The number of rotatable bonds is 5. The predicted octanol–water partition coefficient (Wildman–Crippen LogP) is 3.26. The molecule has 7 nitrogen and oxygen atoms in total. The molecule has 0 aliphatic rings. The van der Waals surface area contributed by atoms with Crippen LogP contribution in [-0.2, 0) is 4.74 Å². The number of carbonyl (C=O) groups is 2. The van der Waals surface area contributed by atoms with E-state index < -0.39 is 10.9 Å². The molecular weight excluding hydrogens is 324 g/mol. The summed E-state index contributed by atoms with van der Waals surface area (Å²) in [5, 5.41) is 10.7. The van der Waals surface area contributed by atoms with E-state index in [1.807, 2.05) is 0 Å². The topological polar surface area (TPSA) is 90.9 Å². The molecule has 0 spiro atoms. The molecule has 0 aliphatic heterocycles. The van der Waals surface area contributed by atoms with E-state index in [9.17, 15) is 19.7 Å². The number of aromatic nitrogens is 1. The zero-order chi connectivity index (χ0) is 18.0. The Bertz CT molecular complexity index is 973. The molecule has 0 unspecified atom stereocenters. The van der Waals surface area contributed by atoms with Crippen molar-refractivity contribution in [1.82, 2.24) is 4.40 Å². The van der Waals surface area contributed by atoms with Crippen molar-refractivity contribution in [3.63, 3.8) is 0 Å². The van der Waals surface area contributed by atoms with Crippen LogP contribution in [0.1, 0.15) is 33.2 Å². The zero-order valence-corrected chi connectivity index (χ0v) is 13.3. The summed E-state index contributed by atoms with van der Waals surface area (Å²) in [6, 6.07) is 10.4. The summed E-state index contributed by atoms with van der Waals surface area (Å²) in [6.07, 6.45) is 3.32. The minimum absolute atomic E-state index is 0.0716. The summed E-state index contributed by atoms with van der Waals surface area (Å²) in [5.41, 5.74) is 1.79. The molecule has 0 amide bonds. The van der Waals surface area contributed by atoms with Gasteiger partial charge in [-0.15, -0.1) is 0 Å². The van der Waals surface area contributed by atoms with E-state index in [0.717, 1.165) is 0 Å². The third-order valence-corrected chi connectivity index (χ3v) is 3.71. The van der Waals surface area contributed by atoms with Crippen molar-refractivity contribution in [2.75, 3.05) is 6.61 Å². The first kappa shape index (κ1) is 16.4. The quantitative estimate of drug-likeness (QED) is 0.308. The van der Waals surface area contributed by atoms with Gasteiger partial charge in [-0.25, -0.2) is 4.79 Å². The molecule has 25 heavy (non-hydrogen) atoms. The number of hydrogen-bond donors (Lipinski definition) is 0. The smallest absolute Gasteiger partial charge is 0.338 e. The number of non-ortho nitro benzene ring substituents is 1. The number of benzene rings is 1. The number of fused-ring (bicyclic) bond motifs is 1. The van der Waals surface area contributed by atoms with E-state index >= 15 is 0 Å². The lowest BCUT2D eigenvalue weighted by Crippen LogP contribution is -2.04. The normalized spacial score (nSPS) is 10.6. The third-order valence-electron chi connectivity index (χ3n) is 3.71. The van der Waals surface area contributed by atoms with Gasteiger partial charge in [0.15, 0.2) is 5.78 Å². The largest absolute Gasteiger partial charge is 0.462 e. The van der Waals surface area contributed by atoms with Crippen molar-refractivity contribution >= 4 is 23.0 Å². The van der Waals surface area contributed by atoms with E-state index in [1.54, 1.807) is 41.9 Å². The number of esters is 1. The van der Waals surface area contributed by atoms with Crippen molar-refractivity contribution < 1.29 is 19.2 Å². The molecule has 0 radical (unpaired) electrons. The van der Waals surface area contributed by atoms with Crippen LogP contribution in [0.5, 0.6) is 0 Å². The van der Waals surface area contributed by atoms with Crippen LogP contribution in [0.3, 0.4) is 0 Å². The Balaban J connectivity index is 1.91. The lowest BCUT2D eigenvalue weighted by molar-refractivity contribution is -0.384. The summed E-state index contributed by atoms with van der Waals surface area (Å²) in [5.74, 6) is -0.675. The monoisotopic (exact) mass is 338 g/mol. The van der Waals surface area contributed by atoms with Crippen LogP contribution in [-0.4, -0.2) is 27.7 Å². The van der Waals surface area contributed by atoms with E-state index in [2.05, 4.69) is 0 Å². The minimum Gasteiger partial charge on any atom is -0.462 e. The second-order valence-corrected chi connectivity index (χ2v) is 5.33. The fraction of sp³-hybridized carbons (Fsp3) is 0.111. The van der Waals surface area contributed by atoms with E-state index in [4.69, 9.17) is 4.74 Å². The van der Waals surface area contributed by atoms with Crippen molar-refractivity contribution in [3.8, 4) is 0 Å². The van der Waals surface area contributed by atoms with Gasteiger partial charge in [-0.2, -0.15) is 0 Å². The Morgan fingerprint density at radius 3 is 2.40 bits per heavy atom. The molecule has 0 aliphatic carbocycles. The number of nitro benzene ring substituents is 1. The van der Waals surface area contributed by atoms with Crippen LogP contribution in [0.4, 0.5) is 5.69 Å². The third kappa shape index (κ3) is 3.25. The molecule has 7 heteroatoms. The van der Waals surface area contributed by atoms with Crippen LogP contribution in [0, 0.1) is 10.1 Å². The number of ether oxygens (including phenoxy) is 1. The highest BCUT2D eigenvalue weighted by molar-refractivity contribution is 6.09. The fourth-order valence-corrected chi connectivity index (χ4v) is 2.48. The van der Waals surface area contributed by atoms with Crippen molar-refractivity contribution in [3.05, 3.63) is 81.7 Å².